The van der Waals surface area contributed by atoms with Crippen LogP contribution in [0.1, 0.15) is 46.0 Å². The second-order valence-electron chi connectivity index (χ2n) is 4.21. The molecule has 2 heteroatoms. The first-order chi connectivity index (χ1) is 6.29. The van der Waals surface area contributed by atoms with Crippen LogP contribution in [0.25, 0.3) is 0 Å². The minimum Gasteiger partial charge on any atom is -0.329 e. The van der Waals surface area contributed by atoms with E-state index < -0.39 is 0 Å². The topological polar surface area (TPSA) is 29.3 Å². The van der Waals surface area contributed by atoms with E-state index >= 15 is 0 Å². The second kappa shape index (κ2) is 5.61. The van der Waals surface area contributed by atoms with Gasteiger partial charge in [-0.25, -0.2) is 0 Å². The molecule has 1 aliphatic rings. The van der Waals surface area contributed by atoms with Crippen molar-refractivity contribution in [1.82, 2.24) is 4.90 Å². The van der Waals surface area contributed by atoms with Crippen molar-refractivity contribution in [3.63, 3.8) is 0 Å². The van der Waals surface area contributed by atoms with Crippen molar-refractivity contribution in [2.75, 3.05) is 13.1 Å². The molecule has 0 amide bonds. The summed E-state index contributed by atoms with van der Waals surface area (Å²) in [6.07, 6.45) is 7.04. The van der Waals surface area contributed by atoms with Crippen LogP contribution in [0.4, 0.5) is 0 Å². The second-order valence-corrected chi connectivity index (χ2v) is 4.21. The van der Waals surface area contributed by atoms with Crippen LogP contribution < -0.4 is 5.73 Å². The van der Waals surface area contributed by atoms with Crippen LogP contribution in [0.5, 0.6) is 0 Å². The van der Waals surface area contributed by atoms with Crippen LogP contribution >= 0.6 is 0 Å². The van der Waals surface area contributed by atoms with Crippen LogP contribution in [0, 0.1) is 0 Å². The molecule has 1 aliphatic carbocycles. The maximum Gasteiger partial charge on any atom is 0.0192 e. The Kier molecular flexibility index (Phi) is 4.74. The smallest absolute Gasteiger partial charge is 0.0192 e. The van der Waals surface area contributed by atoms with Gasteiger partial charge in [0.15, 0.2) is 0 Å². The van der Waals surface area contributed by atoms with Crippen LogP contribution in [0.2, 0.25) is 0 Å². The number of rotatable bonds is 4. The Balaban J connectivity index is 2.43. The van der Waals surface area contributed by atoms with Crippen molar-refractivity contribution in [2.45, 2.75) is 58.0 Å². The Morgan fingerprint density at radius 1 is 1.31 bits per heavy atom. The molecule has 0 bridgehead atoms. The van der Waals surface area contributed by atoms with Gasteiger partial charge in [0.2, 0.25) is 0 Å². The highest BCUT2D eigenvalue weighted by molar-refractivity contribution is 4.79. The van der Waals surface area contributed by atoms with Gasteiger partial charge in [0.05, 0.1) is 0 Å². The molecule has 0 saturated heterocycles. The van der Waals surface area contributed by atoms with Crippen LogP contribution in [0.3, 0.4) is 0 Å². The number of likely N-dealkylation sites (N-methyl/N-ethyl adjacent to an activating group) is 1. The summed E-state index contributed by atoms with van der Waals surface area (Å²) in [7, 11) is 0. The van der Waals surface area contributed by atoms with Crippen LogP contribution in [-0.4, -0.2) is 30.1 Å². The lowest BCUT2D eigenvalue weighted by molar-refractivity contribution is 0.123. The summed E-state index contributed by atoms with van der Waals surface area (Å²) in [5.41, 5.74) is 5.71. The molecule has 0 spiro atoms. The molecule has 0 aromatic carbocycles. The van der Waals surface area contributed by atoms with Crippen molar-refractivity contribution in [2.24, 2.45) is 5.73 Å². The van der Waals surface area contributed by atoms with E-state index in [1.807, 2.05) is 0 Å². The average Bonchev–Trinajstić information content (AvgIpc) is 2.20. The summed E-state index contributed by atoms with van der Waals surface area (Å²) in [5.74, 6) is 0. The van der Waals surface area contributed by atoms with Gasteiger partial charge in [0, 0.05) is 18.6 Å². The summed E-state index contributed by atoms with van der Waals surface area (Å²) >= 11 is 0. The van der Waals surface area contributed by atoms with Crippen molar-refractivity contribution < 1.29 is 0 Å². The van der Waals surface area contributed by atoms with Gasteiger partial charge in [-0.2, -0.15) is 0 Å². The van der Waals surface area contributed by atoms with Gasteiger partial charge < -0.3 is 5.73 Å². The van der Waals surface area contributed by atoms with Gasteiger partial charge in [-0.1, -0.05) is 26.2 Å². The molecule has 78 valence electrons. The van der Waals surface area contributed by atoms with Gasteiger partial charge in [0.25, 0.3) is 0 Å². The number of nitrogens with two attached hydrogens (primary N) is 1. The molecule has 1 unspecified atom stereocenters. The first-order valence-corrected chi connectivity index (χ1v) is 5.75. The maximum atomic E-state index is 5.71. The molecule has 0 aromatic rings. The fourth-order valence-electron chi connectivity index (χ4n) is 2.48. The highest BCUT2D eigenvalue weighted by Gasteiger charge is 2.22. The highest BCUT2D eigenvalue weighted by Crippen LogP contribution is 2.23. The molecule has 2 nitrogen and oxygen atoms in total. The molecular weight excluding hydrogens is 160 g/mol. The summed E-state index contributed by atoms with van der Waals surface area (Å²) in [6.45, 7) is 6.45. The van der Waals surface area contributed by atoms with E-state index in [0.29, 0.717) is 6.04 Å². The summed E-state index contributed by atoms with van der Waals surface area (Å²) in [5, 5.41) is 0. The van der Waals surface area contributed by atoms with E-state index in [2.05, 4.69) is 18.7 Å². The number of hydrogen-bond acceptors (Lipinski definition) is 2. The third kappa shape index (κ3) is 2.96. The summed E-state index contributed by atoms with van der Waals surface area (Å²) in [4.78, 5) is 2.58. The van der Waals surface area contributed by atoms with Crippen molar-refractivity contribution in [3.8, 4) is 0 Å². The van der Waals surface area contributed by atoms with E-state index in [0.717, 1.165) is 19.1 Å². The standard InChI is InChI=1S/C11H24N2/c1-3-13(10(2)9-12)11-7-5-4-6-8-11/h10-11H,3-9,12H2,1-2H3. The van der Waals surface area contributed by atoms with Gasteiger partial charge in [-0.05, 0) is 26.3 Å². The van der Waals surface area contributed by atoms with Gasteiger partial charge in [0.1, 0.15) is 0 Å². The Bertz CT molecular complexity index is 130. The monoisotopic (exact) mass is 184 g/mol. The zero-order valence-electron chi connectivity index (χ0n) is 9.13. The number of hydrogen-bond donors (Lipinski definition) is 1. The third-order valence-electron chi connectivity index (χ3n) is 3.32. The molecule has 2 N–H and O–H groups in total. The maximum absolute atomic E-state index is 5.71. The quantitative estimate of drug-likeness (QED) is 0.724. The fraction of sp³-hybridized carbons (Fsp3) is 1.00. The predicted molar refractivity (Wildman–Crippen MR) is 57.8 cm³/mol. The van der Waals surface area contributed by atoms with Crippen molar-refractivity contribution >= 4 is 0 Å². The van der Waals surface area contributed by atoms with E-state index in [9.17, 15) is 0 Å². The van der Waals surface area contributed by atoms with Gasteiger partial charge >= 0.3 is 0 Å². The first kappa shape index (κ1) is 11.0. The lowest BCUT2D eigenvalue weighted by atomic mass is 9.93. The predicted octanol–water partition coefficient (Wildman–Crippen LogP) is 1.99. The molecule has 1 atom stereocenters. The number of nitrogens with zero attached hydrogens (tertiary/aromatic N) is 1. The molecule has 0 aliphatic heterocycles. The molecule has 0 radical (unpaired) electrons. The lowest BCUT2D eigenvalue weighted by Crippen LogP contribution is -2.45. The minimum atomic E-state index is 0.563. The Labute approximate surface area is 82.5 Å². The largest absolute Gasteiger partial charge is 0.329 e. The average molecular weight is 184 g/mol. The van der Waals surface area contributed by atoms with E-state index in [1.165, 1.54) is 32.1 Å². The zero-order chi connectivity index (χ0) is 9.68. The highest BCUT2D eigenvalue weighted by atomic mass is 15.2. The van der Waals surface area contributed by atoms with Crippen molar-refractivity contribution in [3.05, 3.63) is 0 Å². The zero-order valence-corrected chi connectivity index (χ0v) is 9.13. The lowest BCUT2D eigenvalue weighted by Gasteiger charge is -2.37. The summed E-state index contributed by atoms with van der Waals surface area (Å²) < 4.78 is 0. The molecule has 13 heavy (non-hydrogen) atoms. The Hall–Kier alpha value is -0.0800. The molecule has 1 rings (SSSR count). The van der Waals surface area contributed by atoms with Crippen LogP contribution in [-0.2, 0) is 0 Å². The third-order valence-corrected chi connectivity index (χ3v) is 3.32. The first-order valence-electron chi connectivity index (χ1n) is 5.75. The Morgan fingerprint density at radius 3 is 2.38 bits per heavy atom. The van der Waals surface area contributed by atoms with Crippen LogP contribution in [0.15, 0.2) is 0 Å². The fourth-order valence-corrected chi connectivity index (χ4v) is 2.48. The molecular formula is C11H24N2. The summed E-state index contributed by atoms with van der Waals surface area (Å²) in [6, 6.07) is 1.38. The SMILES string of the molecule is CCN(C(C)CN)C1CCCCC1. The van der Waals surface area contributed by atoms with E-state index in [-0.39, 0.29) is 0 Å². The normalized spacial score (nSPS) is 22.2. The minimum absolute atomic E-state index is 0.563. The molecule has 0 aromatic heterocycles. The Morgan fingerprint density at radius 2 is 1.92 bits per heavy atom. The van der Waals surface area contributed by atoms with Gasteiger partial charge in [-0.3, -0.25) is 4.90 Å². The van der Waals surface area contributed by atoms with E-state index in [4.69, 9.17) is 5.73 Å². The van der Waals surface area contributed by atoms with Crippen molar-refractivity contribution in [1.29, 1.82) is 0 Å². The van der Waals surface area contributed by atoms with E-state index in [1.54, 1.807) is 0 Å². The molecule has 1 fully saturated rings. The van der Waals surface area contributed by atoms with Gasteiger partial charge in [-0.15, -0.1) is 0 Å². The molecule has 0 heterocycles. The molecule has 1 saturated carbocycles.